The standard InChI is InChI=1S/C15H23N3O4/c1-10-11(2)18(9-16-10)15(6-12(19)20)7-17(8-15)13(21)22-14(3,4)5/h9H,6-8H2,1-5H3,(H,19,20). The molecule has 1 aromatic rings. The van der Waals surface area contributed by atoms with Crippen LogP contribution in [0.25, 0.3) is 0 Å². The number of rotatable bonds is 3. The van der Waals surface area contributed by atoms with Gasteiger partial charge in [0.05, 0.1) is 24.0 Å². The van der Waals surface area contributed by atoms with E-state index < -0.39 is 23.2 Å². The van der Waals surface area contributed by atoms with Crippen molar-refractivity contribution in [3.8, 4) is 0 Å². The summed E-state index contributed by atoms with van der Waals surface area (Å²) < 4.78 is 7.20. The lowest BCUT2D eigenvalue weighted by molar-refractivity contribution is -0.142. The largest absolute Gasteiger partial charge is 0.481 e. The smallest absolute Gasteiger partial charge is 0.410 e. The second kappa shape index (κ2) is 5.30. The van der Waals surface area contributed by atoms with Crippen molar-refractivity contribution in [3.05, 3.63) is 17.7 Å². The second-order valence-corrected chi connectivity index (χ2v) is 6.92. The van der Waals surface area contributed by atoms with Crippen molar-refractivity contribution >= 4 is 12.1 Å². The van der Waals surface area contributed by atoms with E-state index in [-0.39, 0.29) is 6.42 Å². The van der Waals surface area contributed by atoms with E-state index in [1.165, 1.54) is 4.90 Å². The van der Waals surface area contributed by atoms with Gasteiger partial charge in [0.15, 0.2) is 0 Å². The minimum Gasteiger partial charge on any atom is -0.481 e. The molecule has 1 amide bonds. The molecule has 0 unspecified atom stereocenters. The highest BCUT2D eigenvalue weighted by molar-refractivity contribution is 5.72. The molecule has 1 aliphatic heterocycles. The number of hydrogen-bond donors (Lipinski definition) is 1. The number of aliphatic carboxylic acids is 1. The third-order valence-electron chi connectivity index (χ3n) is 3.87. The van der Waals surface area contributed by atoms with Crippen LogP contribution in [0.2, 0.25) is 0 Å². The van der Waals surface area contributed by atoms with Gasteiger partial charge < -0.3 is 19.3 Å². The Morgan fingerprint density at radius 2 is 1.95 bits per heavy atom. The molecule has 1 N–H and O–H groups in total. The van der Waals surface area contributed by atoms with E-state index in [0.29, 0.717) is 13.1 Å². The SMILES string of the molecule is Cc1ncn(C2(CC(=O)O)CN(C(=O)OC(C)(C)C)C2)c1C. The number of carbonyl (C=O) groups excluding carboxylic acids is 1. The maximum Gasteiger partial charge on any atom is 0.410 e. The summed E-state index contributed by atoms with van der Waals surface area (Å²) in [5.74, 6) is -0.894. The first-order chi connectivity index (χ1) is 10.0. The van der Waals surface area contributed by atoms with E-state index in [0.717, 1.165) is 11.4 Å². The molecule has 1 aromatic heterocycles. The monoisotopic (exact) mass is 309 g/mol. The maximum absolute atomic E-state index is 12.1. The van der Waals surface area contributed by atoms with Crippen LogP contribution in [0.1, 0.15) is 38.6 Å². The lowest BCUT2D eigenvalue weighted by Gasteiger charge is -2.50. The summed E-state index contributed by atoms with van der Waals surface area (Å²) in [5, 5.41) is 9.22. The number of ether oxygens (including phenoxy) is 1. The van der Waals surface area contributed by atoms with E-state index in [4.69, 9.17) is 4.74 Å². The number of carboxylic acids is 1. The van der Waals surface area contributed by atoms with Crippen molar-refractivity contribution in [2.75, 3.05) is 13.1 Å². The van der Waals surface area contributed by atoms with Gasteiger partial charge in [-0.25, -0.2) is 9.78 Å². The Morgan fingerprint density at radius 1 is 1.36 bits per heavy atom. The van der Waals surface area contributed by atoms with Gasteiger partial charge in [-0.15, -0.1) is 0 Å². The van der Waals surface area contributed by atoms with Gasteiger partial charge in [-0.1, -0.05) is 0 Å². The van der Waals surface area contributed by atoms with Crippen LogP contribution < -0.4 is 0 Å². The van der Waals surface area contributed by atoms with Gasteiger partial charge in [0.25, 0.3) is 0 Å². The zero-order chi connectivity index (χ0) is 16.7. The Morgan fingerprint density at radius 3 is 2.36 bits per heavy atom. The molecule has 1 aliphatic rings. The van der Waals surface area contributed by atoms with Crippen LogP contribution in [-0.4, -0.2) is 50.3 Å². The third-order valence-corrected chi connectivity index (χ3v) is 3.87. The summed E-state index contributed by atoms with van der Waals surface area (Å²) in [5.41, 5.74) is 0.572. The average Bonchev–Trinajstić information content (AvgIpc) is 2.62. The third kappa shape index (κ3) is 3.08. The molecule has 2 rings (SSSR count). The molecule has 0 saturated carbocycles. The number of imidazole rings is 1. The molecular formula is C15H23N3O4. The van der Waals surface area contributed by atoms with E-state index >= 15 is 0 Å². The molecular weight excluding hydrogens is 286 g/mol. The summed E-state index contributed by atoms with van der Waals surface area (Å²) in [6.07, 6.45) is 1.19. The number of carboxylic acid groups (broad SMARTS) is 1. The molecule has 0 radical (unpaired) electrons. The molecule has 122 valence electrons. The summed E-state index contributed by atoms with van der Waals surface area (Å²) >= 11 is 0. The number of nitrogens with zero attached hydrogens (tertiary/aromatic N) is 3. The Labute approximate surface area is 129 Å². The van der Waals surface area contributed by atoms with Crippen molar-refractivity contribution in [2.24, 2.45) is 0 Å². The molecule has 0 bridgehead atoms. The molecule has 7 heteroatoms. The summed E-state index contributed by atoms with van der Waals surface area (Å²) in [4.78, 5) is 29.1. The van der Waals surface area contributed by atoms with Gasteiger partial charge in [0.1, 0.15) is 5.60 Å². The zero-order valence-electron chi connectivity index (χ0n) is 13.7. The van der Waals surface area contributed by atoms with Crippen LogP contribution in [0.5, 0.6) is 0 Å². The van der Waals surface area contributed by atoms with Crippen LogP contribution in [0.4, 0.5) is 4.79 Å². The number of aromatic nitrogens is 2. The number of amides is 1. The van der Waals surface area contributed by atoms with Crippen LogP contribution in [0.15, 0.2) is 6.33 Å². The fourth-order valence-corrected chi connectivity index (χ4v) is 2.73. The van der Waals surface area contributed by atoms with Gasteiger partial charge in [-0.05, 0) is 34.6 Å². The first-order valence-corrected chi connectivity index (χ1v) is 7.25. The molecule has 1 fully saturated rings. The van der Waals surface area contributed by atoms with Gasteiger partial charge in [0, 0.05) is 18.8 Å². The molecule has 22 heavy (non-hydrogen) atoms. The molecule has 7 nitrogen and oxygen atoms in total. The Hall–Kier alpha value is -2.05. The van der Waals surface area contributed by atoms with E-state index in [1.54, 1.807) is 27.1 Å². The highest BCUT2D eigenvalue weighted by atomic mass is 16.6. The molecule has 0 spiro atoms. The Balaban J connectivity index is 2.17. The molecule has 1 saturated heterocycles. The van der Waals surface area contributed by atoms with Crippen molar-refractivity contribution < 1.29 is 19.4 Å². The number of aryl methyl sites for hydroxylation is 1. The number of likely N-dealkylation sites (tertiary alicyclic amines) is 1. The minimum atomic E-state index is -0.894. The fraction of sp³-hybridized carbons (Fsp3) is 0.667. The van der Waals surface area contributed by atoms with Gasteiger partial charge in [-0.3, -0.25) is 4.79 Å². The van der Waals surface area contributed by atoms with Gasteiger partial charge in [0.2, 0.25) is 0 Å². The highest BCUT2D eigenvalue weighted by Crippen LogP contribution is 2.35. The van der Waals surface area contributed by atoms with Crippen LogP contribution in [0, 0.1) is 13.8 Å². The predicted molar refractivity (Wildman–Crippen MR) is 79.7 cm³/mol. The van der Waals surface area contributed by atoms with Crippen LogP contribution in [0.3, 0.4) is 0 Å². The van der Waals surface area contributed by atoms with Gasteiger partial charge in [-0.2, -0.15) is 0 Å². The van der Waals surface area contributed by atoms with Crippen LogP contribution in [-0.2, 0) is 15.1 Å². The molecule has 0 aliphatic carbocycles. The second-order valence-electron chi connectivity index (χ2n) is 6.92. The van der Waals surface area contributed by atoms with Crippen molar-refractivity contribution in [1.82, 2.24) is 14.5 Å². The molecule has 0 aromatic carbocycles. The van der Waals surface area contributed by atoms with Crippen molar-refractivity contribution in [2.45, 2.75) is 52.2 Å². The fourth-order valence-electron chi connectivity index (χ4n) is 2.73. The lowest BCUT2D eigenvalue weighted by atomic mass is 9.85. The van der Waals surface area contributed by atoms with E-state index in [2.05, 4.69) is 4.98 Å². The normalized spacial score (nSPS) is 17.0. The first-order valence-electron chi connectivity index (χ1n) is 7.25. The van der Waals surface area contributed by atoms with Crippen molar-refractivity contribution in [1.29, 1.82) is 0 Å². The van der Waals surface area contributed by atoms with Crippen molar-refractivity contribution in [3.63, 3.8) is 0 Å². The Bertz CT molecular complexity index is 594. The maximum atomic E-state index is 12.1. The lowest BCUT2D eigenvalue weighted by Crippen LogP contribution is -2.65. The summed E-state index contributed by atoms with van der Waals surface area (Å²) in [7, 11) is 0. The topological polar surface area (TPSA) is 84.7 Å². The van der Waals surface area contributed by atoms with Crippen LogP contribution >= 0.6 is 0 Å². The first kappa shape index (κ1) is 16.3. The number of carbonyl (C=O) groups is 2. The zero-order valence-corrected chi connectivity index (χ0v) is 13.7. The Kier molecular flexibility index (Phi) is 3.93. The summed E-state index contributed by atoms with van der Waals surface area (Å²) in [6, 6.07) is 0. The van der Waals surface area contributed by atoms with E-state index in [1.807, 2.05) is 18.4 Å². The highest BCUT2D eigenvalue weighted by Gasteiger charge is 2.50. The van der Waals surface area contributed by atoms with E-state index in [9.17, 15) is 14.7 Å². The minimum absolute atomic E-state index is 0.0526. The average molecular weight is 309 g/mol. The summed E-state index contributed by atoms with van der Waals surface area (Å²) in [6.45, 7) is 9.82. The quantitative estimate of drug-likeness (QED) is 0.922. The number of hydrogen-bond acceptors (Lipinski definition) is 4. The molecule has 0 atom stereocenters. The predicted octanol–water partition coefficient (Wildman–Crippen LogP) is 1.92. The molecule has 2 heterocycles. The van der Waals surface area contributed by atoms with Gasteiger partial charge >= 0.3 is 12.1 Å².